The predicted octanol–water partition coefficient (Wildman–Crippen LogP) is 2.64. The van der Waals surface area contributed by atoms with Crippen molar-refractivity contribution in [3.63, 3.8) is 0 Å². The quantitative estimate of drug-likeness (QED) is 0.873. The Bertz CT molecular complexity index is 445. The van der Waals surface area contributed by atoms with E-state index in [2.05, 4.69) is 30.7 Å². The van der Waals surface area contributed by atoms with Crippen molar-refractivity contribution in [3.8, 4) is 0 Å². The van der Waals surface area contributed by atoms with E-state index in [1.54, 1.807) is 0 Å². The molecule has 0 unspecified atom stereocenters. The lowest BCUT2D eigenvalue weighted by Crippen LogP contribution is -2.15. The lowest BCUT2D eigenvalue weighted by molar-refractivity contribution is 0.0694. The summed E-state index contributed by atoms with van der Waals surface area (Å²) in [5, 5.41) is 9.09. The number of carboxylic acid groups (broad SMARTS) is 1. The van der Waals surface area contributed by atoms with Crippen LogP contribution in [0.2, 0.25) is 0 Å². The van der Waals surface area contributed by atoms with Gasteiger partial charge >= 0.3 is 5.97 Å². The molecular formula is C13H18N2O2. The molecule has 4 heteroatoms. The molecule has 0 bridgehead atoms. The maximum atomic E-state index is 11.1. The maximum absolute atomic E-state index is 11.1. The van der Waals surface area contributed by atoms with E-state index in [0.717, 1.165) is 30.8 Å². The highest BCUT2D eigenvalue weighted by atomic mass is 16.4. The van der Waals surface area contributed by atoms with E-state index in [0.29, 0.717) is 5.92 Å². The first kappa shape index (κ1) is 12.0. The van der Waals surface area contributed by atoms with E-state index >= 15 is 0 Å². The summed E-state index contributed by atoms with van der Waals surface area (Å²) in [7, 11) is 0. The summed E-state index contributed by atoms with van der Waals surface area (Å²) in [6.45, 7) is 6.37. The van der Waals surface area contributed by atoms with E-state index in [9.17, 15) is 4.79 Å². The van der Waals surface area contributed by atoms with Crippen LogP contribution in [0.3, 0.4) is 0 Å². The second kappa shape index (κ2) is 4.09. The van der Waals surface area contributed by atoms with Crippen molar-refractivity contribution in [1.82, 2.24) is 9.97 Å². The average molecular weight is 234 g/mol. The Balaban J connectivity index is 2.32. The second-order valence-corrected chi connectivity index (χ2v) is 5.90. The molecule has 17 heavy (non-hydrogen) atoms. The molecule has 0 spiro atoms. The van der Waals surface area contributed by atoms with Crippen molar-refractivity contribution >= 4 is 5.97 Å². The van der Waals surface area contributed by atoms with Gasteiger partial charge in [-0.05, 0) is 18.3 Å². The Morgan fingerprint density at radius 1 is 1.47 bits per heavy atom. The van der Waals surface area contributed by atoms with E-state index in [4.69, 9.17) is 5.11 Å². The summed E-state index contributed by atoms with van der Waals surface area (Å²) >= 11 is 0. The van der Waals surface area contributed by atoms with E-state index in [-0.39, 0.29) is 11.0 Å². The van der Waals surface area contributed by atoms with Crippen molar-refractivity contribution in [3.05, 3.63) is 23.3 Å². The standard InChI is InChI=1S/C13H18N2O2/c1-13(2,3)6-10-14-7-9(12(16)17)11(15-10)8-4-5-8/h7-8H,4-6H2,1-3H3,(H,16,17). The maximum Gasteiger partial charge on any atom is 0.339 e. The summed E-state index contributed by atoms with van der Waals surface area (Å²) in [5.74, 6) is 0.168. The lowest BCUT2D eigenvalue weighted by atomic mass is 9.92. The lowest BCUT2D eigenvalue weighted by Gasteiger charge is -2.17. The largest absolute Gasteiger partial charge is 0.478 e. The fourth-order valence-corrected chi connectivity index (χ4v) is 1.83. The number of hydrogen-bond acceptors (Lipinski definition) is 3. The number of rotatable bonds is 3. The molecule has 0 saturated heterocycles. The first-order chi connectivity index (χ1) is 7.87. The fourth-order valence-electron chi connectivity index (χ4n) is 1.83. The molecule has 1 N–H and O–H groups in total. The Morgan fingerprint density at radius 2 is 2.12 bits per heavy atom. The molecule has 1 aliphatic carbocycles. The first-order valence-electron chi connectivity index (χ1n) is 5.96. The average Bonchev–Trinajstić information content (AvgIpc) is 2.97. The molecular weight excluding hydrogens is 216 g/mol. The fraction of sp³-hybridized carbons (Fsp3) is 0.615. The van der Waals surface area contributed by atoms with Gasteiger partial charge in [-0.3, -0.25) is 0 Å². The van der Waals surface area contributed by atoms with Crippen LogP contribution in [0.4, 0.5) is 0 Å². The zero-order valence-electron chi connectivity index (χ0n) is 10.5. The molecule has 2 rings (SSSR count). The summed E-state index contributed by atoms with van der Waals surface area (Å²) in [5.41, 5.74) is 1.11. The Hall–Kier alpha value is -1.45. The normalized spacial score (nSPS) is 15.9. The van der Waals surface area contributed by atoms with Gasteiger partial charge in [0, 0.05) is 18.5 Å². The SMILES string of the molecule is CC(C)(C)Cc1ncc(C(=O)O)c(C2CC2)n1. The number of carbonyl (C=O) groups is 1. The van der Waals surface area contributed by atoms with E-state index in [1.165, 1.54) is 6.20 Å². The molecule has 1 aromatic heterocycles. The van der Waals surface area contributed by atoms with Gasteiger partial charge in [-0.15, -0.1) is 0 Å². The Labute approximate surface area is 101 Å². The second-order valence-electron chi connectivity index (χ2n) is 5.90. The Morgan fingerprint density at radius 3 is 2.59 bits per heavy atom. The van der Waals surface area contributed by atoms with Gasteiger partial charge in [-0.25, -0.2) is 14.8 Å². The van der Waals surface area contributed by atoms with Gasteiger partial charge < -0.3 is 5.11 Å². The summed E-state index contributed by atoms with van der Waals surface area (Å²) < 4.78 is 0. The van der Waals surface area contributed by atoms with E-state index in [1.807, 2.05) is 0 Å². The van der Waals surface area contributed by atoms with E-state index < -0.39 is 5.97 Å². The molecule has 0 aromatic carbocycles. The van der Waals surface area contributed by atoms with Gasteiger partial charge in [0.05, 0.1) is 11.3 Å². The monoisotopic (exact) mass is 234 g/mol. The molecule has 0 aliphatic heterocycles. The highest BCUT2D eigenvalue weighted by molar-refractivity contribution is 5.88. The van der Waals surface area contributed by atoms with Gasteiger partial charge in [-0.1, -0.05) is 20.8 Å². The van der Waals surface area contributed by atoms with Crippen molar-refractivity contribution in [2.45, 2.75) is 46.0 Å². The van der Waals surface area contributed by atoms with Gasteiger partial charge in [0.1, 0.15) is 5.82 Å². The third kappa shape index (κ3) is 3.02. The molecule has 1 saturated carbocycles. The molecule has 0 atom stereocenters. The molecule has 1 fully saturated rings. The van der Waals surface area contributed by atoms with Crippen LogP contribution in [-0.4, -0.2) is 21.0 Å². The first-order valence-corrected chi connectivity index (χ1v) is 5.96. The van der Waals surface area contributed by atoms with Crippen LogP contribution < -0.4 is 0 Å². The number of carboxylic acids is 1. The number of aromatic carboxylic acids is 1. The highest BCUT2D eigenvalue weighted by Gasteiger charge is 2.30. The van der Waals surface area contributed by atoms with Gasteiger partial charge in [-0.2, -0.15) is 0 Å². The van der Waals surface area contributed by atoms with Crippen LogP contribution in [-0.2, 0) is 6.42 Å². The molecule has 1 aromatic rings. The summed E-state index contributed by atoms with van der Waals surface area (Å²) in [6, 6.07) is 0. The number of aromatic nitrogens is 2. The van der Waals surface area contributed by atoms with Crippen LogP contribution in [0, 0.1) is 5.41 Å². The smallest absolute Gasteiger partial charge is 0.339 e. The van der Waals surface area contributed by atoms with Crippen molar-refractivity contribution in [2.24, 2.45) is 5.41 Å². The molecule has 92 valence electrons. The third-order valence-electron chi connectivity index (χ3n) is 2.75. The van der Waals surface area contributed by atoms with Crippen molar-refractivity contribution in [2.75, 3.05) is 0 Å². The minimum Gasteiger partial charge on any atom is -0.478 e. The van der Waals surface area contributed by atoms with Crippen LogP contribution in [0.1, 0.15) is 61.4 Å². The van der Waals surface area contributed by atoms with Gasteiger partial charge in [0.2, 0.25) is 0 Å². The van der Waals surface area contributed by atoms with Crippen molar-refractivity contribution in [1.29, 1.82) is 0 Å². The van der Waals surface area contributed by atoms with Crippen LogP contribution in [0.25, 0.3) is 0 Å². The number of nitrogens with zero attached hydrogens (tertiary/aromatic N) is 2. The van der Waals surface area contributed by atoms with Gasteiger partial charge in [0.15, 0.2) is 0 Å². The van der Waals surface area contributed by atoms with Crippen LogP contribution in [0.5, 0.6) is 0 Å². The number of hydrogen-bond donors (Lipinski definition) is 1. The van der Waals surface area contributed by atoms with Crippen molar-refractivity contribution < 1.29 is 9.90 Å². The Kier molecular flexibility index (Phi) is 2.89. The molecule has 1 aliphatic rings. The minimum absolute atomic E-state index is 0.117. The zero-order chi connectivity index (χ0) is 12.6. The summed E-state index contributed by atoms with van der Waals surface area (Å²) in [6.07, 6.45) is 4.33. The predicted molar refractivity (Wildman–Crippen MR) is 64.1 cm³/mol. The van der Waals surface area contributed by atoms with Crippen LogP contribution >= 0.6 is 0 Å². The highest BCUT2D eigenvalue weighted by Crippen LogP contribution is 2.40. The summed E-state index contributed by atoms with van der Waals surface area (Å²) in [4.78, 5) is 19.7. The molecule has 4 nitrogen and oxygen atoms in total. The van der Waals surface area contributed by atoms with Gasteiger partial charge in [0.25, 0.3) is 0 Å². The zero-order valence-corrected chi connectivity index (χ0v) is 10.5. The topological polar surface area (TPSA) is 63.1 Å². The third-order valence-corrected chi connectivity index (χ3v) is 2.75. The molecule has 0 amide bonds. The molecule has 1 heterocycles. The minimum atomic E-state index is -0.922. The molecule has 0 radical (unpaired) electrons. The van der Waals surface area contributed by atoms with Crippen LogP contribution in [0.15, 0.2) is 6.20 Å².